The van der Waals surface area contributed by atoms with E-state index in [1.807, 2.05) is 18.0 Å². The Morgan fingerprint density at radius 3 is 2.88 bits per heavy atom. The van der Waals surface area contributed by atoms with Gasteiger partial charge in [-0.05, 0) is 62.3 Å². The zero-order chi connectivity index (χ0) is 27.4. The van der Waals surface area contributed by atoms with Gasteiger partial charge in [-0.1, -0.05) is 30.3 Å². The van der Waals surface area contributed by atoms with Crippen LogP contribution in [0.4, 0.5) is 0 Å². The number of furan rings is 1. The lowest BCUT2D eigenvalue weighted by Crippen LogP contribution is -2.69. The Labute approximate surface area is 235 Å². The fourth-order valence-corrected chi connectivity index (χ4v) is 8.21. The van der Waals surface area contributed by atoms with E-state index in [2.05, 4.69) is 35.2 Å². The molecule has 1 N–H and O–H groups in total. The molecule has 1 saturated carbocycles. The molecule has 208 valence electrons. The maximum absolute atomic E-state index is 13.4. The maximum Gasteiger partial charge on any atom is 0.246 e. The normalized spacial score (nSPS) is 28.2. The van der Waals surface area contributed by atoms with Crippen LogP contribution in [0.3, 0.4) is 0 Å². The number of phenolic OH excluding ortho intramolecular Hbond substituents is 1. The van der Waals surface area contributed by atoms with Crippen molar-refractivity contribution in [1.29, 1.82) is 0 Å². The molecule has 0 radical (unpaired) electrons. The zero-order valence-corrected chi connectivity index (χ0v) is 23.1. The van der Waals surface area contributed by atoms with E-state index >= 15 is 0 Å². The summed E-state index contributed by atoms with van der Waals surface area (Å²) < 4.78 is 17.7. The van der Waals surface area contributed by atoms with Crippen molar-refractivity contribution in [1.82, 2.24) is 9.80 Å². The molecule has 3 heterocycles. The summed E-state index contributed by atoms with van der Waals surface area (Å²) in [5.74, 6) is 1.98. The number of likely N-dealkylation sites (N-methyl/N-ethyl adjacent to an activating group) is 1. The summed E-state index contributed by atoms with van der Waals surface area (Å²) in [5.41, 5.74) is 4.09. The number of rotatable bonds is 7. The highest BCUT2D eigenvalue weighted by atomic mass is 16.5. The van der Waals surface area contributed by atoms with Gasteiger partial charge in [-0.15, -0.1) is 0 Å². The van der Waals surface area contributed by atoms with Gasteiger partial charge >= 0.3 is 0 Å². The molecular formula is C33H36N2O5. The van der Waals surface area contributed by atoms with Gasteiger partial charge in [0.15, 0.2) is 11.5 Å². The number of ether oxygens (including phenoxy) is 2. The molecule has 1 spiro atoms. The number of methoxy groups -OCH3 is 1. The SMILES string of the molecule is COc1cc(O)c2c3c1O[C@H]1[C@@H](N(C)C(=O)/C=C/c4ccoc4)CC[C@H]4[C@@H](C2)N(CCc2ccccc2)CC[C@@]341. The molecule has 7 rings (SSSR count). The number of aromatic hydroxyl groups is 1. The third-order valence-electron chi connectivity index (χ3n) is 10.0. The van der Waals surface area contributed by atoms with Gasteiger partial charge in [0, 0.05) is 53.9 Å². The summed E-state index contributed by atoms with van der Waals surface area (Å²) in [6.45, 7) is 1.96. The van der Waals surface area contributed by atoms with Crippen LogP contribution in [0.1, 0.15) is 41.5 Å². The van der Waals surface area contributed by atoms with Gasteiger partial charge in [-0.3, -0.25) is 9.69 Å². The average molecular weight is 541 g/mol. The molecule has 7 heteroatoms. The highest BCUT2D eigenvalue weighted by Gasteiger charge is 2.66. The molecule has 5 atom stereocenters. The van der Waals surface area contributed by atoms with Gasteiger partial charge in [-0.2, -0.15) is 0 Å². The fraction of sp³-hybridized carbons (Fsp3) is 0.424. The van der Waals surface area contributed by atoms with Gasteiger partial charge in [0.05, 0.1) is 25.7 Å². The van der Waals surface area contributed by atoms with Gasteiger partial charge < -0.3 is 23.9 Å². The quantitative estimate of drug-likeness (QED) is 0.434. The summed E-state index contributed by atoms with van der Waals surface area (Å²) in [4.78, 5) is 17.9. The molecule has 1 amide bonds. The topological polar surface area (TPSA) is 75.4 Å². The van der Waals surface area contributed by atoms with Crippen LogP contribution >= 0.6 is 0 Å². The van der Waals surface area contributed by atoms with Crippen LogP contribution in [0, 0.1) is 5.92 Å². The van der Waals surface area contributed by atoms with E-state index in [4.69, 9.17) is 13.9 Å². The Kier molecular flexibility index (Phi) is 6.15. The van der Waals surface area contributed by atoms with Crippen molar-refractivity contribution >= 4 is 12.0 Å². The lowest BCUT2D eigenvalue weighted by Gasteiger charge is -2.60. The molecule has 7 nitrogen and oxygen atoms in total. The average Bonchev–Trinajstić information content (AvgIpc) is 3.62. The van der Waals surface area contributed by atoms with E-state index in [1.54, 1.807) is 37.9 Å². The van der Waals surface area contributed by atoms with Crippen molar-refractivity contribution in [2.75, 3.05) is 27.2 Å². The molecular weight excluding hydrogens is 504 g/mol. The number of carbonyl (C=O) groups excluding carboxylic acids is 1. The molecule has 2 bridgehead atoms. The number of nitrogens with zero attached hydrogens (tertiary/aromatic N) is 2. The molecule has 2 aliphatic heterocycles. The predicted molar refractivity (Wildman–Crippen MR) is 152 cm³/mol. The van der Waals surface area contributed by atoms with E-state index in [9.17, 15) is 9.90 Å². The van der Waals surface area contributed by atoms with E-state index in [1.165, 1.54) is 5.56 Å². The van der Waals surface area contributed by atoms with Crippen LogP contribution in [0.5, 0.6) is 17.2 Å². The van der Waals surface area contributed by atoms with Crippen molar-refractivity contribution in [3.63, 3.8) is 0 Å². The largest absolute Gasteiger partial charge is 0.508 e. The standard InChI is InChI=1S/C33H36N2O5/c1-34(29(37)11-8-22-13-17-39-20-22)25-10-9-24-26-18-23-27(36)19-28(38-2)31-30(23)33(24,32(25)40-31)14-16-35(26)15-12-21-6-4-3-5-7-21/h3-8,11,13,17,19-20,24-26,32,36H,9-10,12,14-16,18H2,1-2H3/b11-8+/t24-,25-,26+,32-,33-/m0/s1. The van der Waals surface area contributed by atoms with Crippen LogP contribution in [-0.4, -0.2) is 66.2 Å². The molecule has 3 aromatic rings. The first-order valence-electron chi connectivity index (χ1n) is 14.4. The zero-order valence-electron chi connectivity index (χ0n) is 23.1. The predicted octanol–water partition coefficient (Wildman–Crippen LogP) is 4.82. The van der Waals surface area contributed by atoms with Gasteiger partial charge in [0.1, 0.15) is 11.9 Å². The molecule has 40 heavy (non-hydrogen) atoms. The van der Waals surface area contributed by atoms with Crippen molar-refractivity contribution in [2.24, 2.45) is 5.92 Å². The minimum atomic E-state index is -0.255. The monoisotopic (exact) mass is 540 g/mol. The van der Waals surface area contributed by atoms with Crippen LogP contribution < -0.4 is 9.47 Å². The van der Waals surface area contributed by atoms with E-state index in [0.717, 1.165) is 67.6 Å². The summed E-state index contributed by atoms with van der Waals surface area (Å²) in [7, 11) is 3.52. The van der Waals surface area contributed by atoms with Gasteiger partial charge in [0.2, 0.25) is 5.91 Å². The Hall–Kier alpha value is -3.71. The molecule has 2 fully saturated rings. The second-order valence-corrected chi connectivity index (χ2v) is 11.7. The Balaban J connectivity index is 1.23. The number of likely N-dealkylation sites (tertiary alicyclic amines) is 1. The number of phenols is 1. The van der Waals surface area contributed by atoms with Crippen LogP contribution in [0.15, 0.2) is 65.5 Å². The smallest absolute Gasteiger partial charge is 0.246 e. The fourth-order valence-electron chi connectivity index (χ4n) is 8.21. The van der Waals surface area contributed by atoms with Crippen LogP contribution in [0.2, 0.25) is 0 Å². The van der Waals surface area contributed by atoms with Crippen LogP contribution in [-0.2, 0) is 23.1 Å². The van der Waals surface area contributed by atoms with Gasteiger partial charge in [0.25, 0.3) is 0 Å². The summed E-state index contributed by atoms with van der Waals surface area (Å²) in [6.07, 6.45) is 11.1. The third kappa shape index (κ3) is 3.78. The number of piperidine rings is 1. The second kappa shape index (κ2) is 9.73. The number of carbonyl (C=O) groups is 1. The highest BCUT2D eigenvalue weighted by molar-refractivity contribution is 5.91. The molecule has 1 saturated heterocycles. The number of hydrogen-bond donors (Lipinski definition) is 1. The summed E-state index contributed by atoms with van der Waals surface area (Å²) >= 11 is 0. The third-order valence-corrected chi connectivity index (χ3v) is 10.0. The minimum Gasteiger partial charge on any atom is -0.508 e. The first-order valence-corrected chi connectivity index (χ1v) is 14.4. The van der Waals surface area contributed by atoms with Crippen LogP contribution in [0.25, 0.3) is 6.08 Å². The Bertz CT molecular complexity index is 1430. The number of hydrogen-bond acceptors (Lipinski definition) is 6. The molecule has 2 aromatic carbocycles. The lowest BCUT2D eigenvalue weighted by molar-refractivity contribution is -0.135. The lowest BCUT2D eigenvalue weighted by atomic mass is 9.50. The second-order valence-electron chi connectivity index (χ2n) is 11.7. The number of amides is 1. The van der Waals surface area contributed by atoms with E-state index < -0.39 is 0 Å². The maximum atomic E-state index is 13.4. The first-order chi connectivity index (χ1) is 19.5. The molecule has 4 aliphatic rings. The van der Waals surface area contributed by atoms with Crippen molar-refractivity contribution in [3.05, 3.63) is 83.3 Å². The Morgan fingerprint density at radius 2 is 2.10 bits per heavy atom. The van der Waals surface area contributed by atoms with Crippen molar-refractivity contribution in [3.8, 4) is 17.2 Å². The van der Waals surface area contributed by atoms with E-state index in [-0.39, 0.29) is 23.5 Å². The molecule has 2 aliphatic carbocycles. The highest BCUT2D eigenvalue weighted by Crippen LogP contribution is 2.65. The van der Waals surface area contributed by atoms with Crippen molar-refractivity contribution in [2.45, 2.75) is 55.7 Å². The Morgan fingerprint density at radius 1 is 1.25 bits per heavy atom. The summed E-state index contributed by atoms with van der Waals surface area (Å²) in [5, 5.41) is 11.2. The minimum absolute atomic E-state index is 0.0525. The summed E-state index contributed by atoms with van der Waals surface area (Å²) in [6, 6.07) is 14.5. The first kappa shape index (κ1) is 25.3. The molecule has 0 unspecified atom stereocenters. The number of benzene rings is 2. The molecule has 1 aromatic heterocycles. The van der Waals surface area contributed by atoms with Gasteiger partial charge in [-0.25, -0.2) is 0 Å². The van der Waals surface area contributed by atoms with E-state index in [0.29, 0.717) is 23.5 Å². The van der Waals surface area contributed by atoms with Crippen molar-refractivity contribution < 1.29 is 23.8 Å².